The number of amides is 1. The van der Waals surface area contributed by atoms with Crippen LogP contribution in [0.5, 0.6) is 0 Å². The lowest BCUT2D eigenvalue weighted by atomic mass is 10.2. The van der Waals surface area contributed by atoms with Crippen LogP contribution in [0.25, 0.3) is 0 Å². The van der Waals surface area contributed by atoms with Crippen molar-refractivity contribution in [1.29, 1.82) is 0 Å². The smallest absolute Gasteiger partial charge is 0.242 e. The summed E-state index contributed by atoms with van der Waals surface area (Å²) in [6, 6.07) is 2.88. The van der Waals surface area contributed by atoms with Gasteiger partial charge in [-0.25, -0.2) is 13.1 Å². The summed E-state index contributed by atoms with van der Waals surface area (Å²) in [6.45, 7) is 3.29. The number of carbonyl (C=O) groups excluding carboxylic acids is 1. The van der Waals surface area contributed by atoms with Gasteiger partial charge in [0, 0.05) is 31.1 Å². The molecule has 5 nitrogen and oxygen atoms in total. The number of nitrogens with zero attached hydrogens (tertiary/aromatic N) is 1. The fraction of sp³-hybridized carbons (Fsp3) is 0.500. The molecule has 2 rings (SSSR count). The predicted molar refractivity (Wildman–Crippen MR) is 86.8 cm³/mol. The van der Waals surface area contributed by atoms with Gasteiger partial charge >= 0.3 is 0 Å². The van der Waals surface area contributed by atoms with E-state index in [1.165, 1.54) is 12.1 Å². The first-order chi connectivity index (χ1) is 10.3. The fourth-order valence-corrected chi connectivity index (χ4v) is 4.24. The summed E-state index contributed by atoms with van der Waals surface area (Å²) < 4.78 is 27.0. The highest BCUT2D eigenvalue weighted by Crippen LogP contribution is 2.28. The van der Waals surface area contributed by atoms with Crippen molar-refractivity contribution in [1.82, 2.24) is 9.62 Å². The number of aryl methyl sites for hydroxylation is 1. The summed E-state index contributed by atoms with van der Waals surface area (Å²) in [5.74, 6) is 0.138. The van der Waals surface area contributed by atoms with Gasteiger partial charge in [-0.05, 0) is 37.5 Å². The fourth-order valence-electron chi connectivity index (χ4n) is 2.33. The molecule has 1 amide bonds. The molecule has 1 aromatic carbocycles. The molecule has 1 fully saturated rings. The van der Waals surface area contributed by atoms with Crippen molar-refractivity contribution in [2.75, 3.05) is 19.6 Å². The number of nitrogens with one attached hydrogen (secondary N) is 1. The van der Waals surface area contributed by atoms with E-state index in [2.05, 4.69) is 4.72 Å². The van der Waals surface area contributed by atoms with E-state index in [0.717, 1.165) is 13.0 Å². The van der Waals surface area contributed by atoms with E-state index in [0.29, 0.717) is 30.0 Å². The number of likely N-dealkylation sites (tertiary alicyclic amines) is 1. The van der Waals surface area contributed by atoms with Crippen LogP contribution in [0.1, 0.15) is 24.8 Å². The quantitative estimate of drug-likeness (QED) is 0.788. The lowest BCUT2D eigenvalue weighted by Crippen LogP contribution is -2.30. The average Bonchev–Trinajstić information content (AvgIpc) is 2.84. The zero-order chi connectivity index (χ0) is 16.3. The Bertz CT molecular complexity index is 677. The van der Waals surface area contributed by atoms with E-state index in [-0.39, 0.29) is 22.4 Å². The van der Waals surface area contributed by atoms with Gasteiger partial charge in [-0.2, -0.15) is 0 Å². The second kappa shape index (κ2) is 7.17. The van der Waals surface area contributed by atoms with Crippen LogP contribution in [0, 0.1) is 6.92 Å². The molecule has 122 valence electrons. The monoisotopic (exact) mass is 364 g/mol. The zero-order valence-corrected chi connectivity index (χ0v) is 14.6. The average molecular weight is 365 g/mol. The van der Waals surface area contributed by atoms with Crippen molar-refractivity contribution in [3.8, 4) is 0 Å². The molecule has 1 aliphatic rings. The van der Waals surface area contributed by atoms with Gasteiger partial charge in [0.1, 0.15) is 4.90 Å². The number of hydrogen-bond donors (Lipinski definition) is 1. The third-order valence-corrected chi connectivity index (χ3v) is 5.90. The Labute approximate surface area is 140 Å². The van der Waals surface area contributed by atoms with Crippen molar-refractivity contribution < 1.29 is 13.2 Å². The molecule has 0 radical (unpaired) electrons. The van der Waals surface area contributed by atoms with Gasteiger partial charge in [-0.1, -0.05) is 23.2 Å². The lowest BCUT2D eigenvalue weighted by Gasteiger charge is -2.15. The van der Waals surface area contributed by atoms with Crippen molar-refractivity contribution >= 4 is 39.1 Å². The molecule has 0 unspecified atom stereocenters. The number of hydrogen-bond acceptors (Lipinski definition) is 3. The van der Waals surface area contributed by atoms with E-state index in [9.17, 15) is 13.2 Å². The minimum absolute atomic E-state index is 0.0216. The lowest BCUT2D eigenvalue weighted by molar-refractivity contribution is -0.127. The molecular formula is C14H18Cl2N2O3S. The molecule has 0 bridgehead atoms. The van der Waals surface area contributed by atoms with Gasteiger partial charge in [-0.3, -0.25) is 4.79 Å². The highest BCUT2D eigenvalue weighted by molar-refractivity contribution is 7.89. The van der Waals surface area contributed by atoms with Crippen LogP contribution >= 0.6 is 23.2 Å². The summed E-state index contributed by atoms with van der Waals surface area (Å²) >= 11 is 11.9. The van der Waals surface area contributed by atoms with Crippen LogP contribution in [0.4, 0.5) is 0 Å². The second-order valence-electron chi connectivity index (χ2n) is 5.27. The summed E-state index contributed by atoms with van der Waals surface area (Å²) in [5, 5.41) is 0.523. The van der Waals surface area contributed by atoms with Crippen LogP contribution in [-0.4, -0.2) is 38.9 Å². The molecule has 1 saturated heterocycles. The van der Waals surface area contributed by atoms with Crippen molar-refractivity contribution in [3.05, 3.63) is 27.7 Å². The Balaban J connectivity index is 1.94. The molecule has 0 aliphatic carbocycles. The summed E-state index contributed by atoms with van der Waals surface area (Å²) in [4.78, 5) is 13.2. The van der Waals surface area contributed by atoms with Gasteiger partial charge in [0.15, 0.2) is 0 Å². The molecular weight excluding hydrogens is 347 g/mol. The normalized spacial score (nSPS) is 15.6. The minimum atomic E-state index is -3.68. The van der Waals surface area contributed by atoms with Crippen molar-refractivity contribution in [2.45, 2.75) is 31.1 Å². The van der Waals surface area contributed by atoms with Crippen LogP contribution in [0.3, 0.4) is 0 Å². The maximum absolute atomic E-state index is 12.3. The molecule has 1 N–H and O–H groups in total. The first-order valence-electron chi connectivity index (χ1n) is 7.04. The van der Waals surface area contributed by atoms with Gasteiger partial charge in [0.05, 0.1) is 5.02 Å². The van der Waals surface area contributed by atoms with Gasteiger partial charge in [0.25, 0.3) is 0 Å². The maximum atomic E-state index is 12.3. The van der Waals surface area contributed by atoms with E-state index in [4.69, 9.17) is 23.2 Å². The number of benzene rings is 1. The van der Waals surface area contributed by atoms with Gasteiger partial charge < -0.3 is 4.90 Å². The van der Waals surface area contributed by atoms with E-state index in [1.54, 1.807) is 11.8 Å². The topological polar surface area (TPSA) is 66.5 Å². The second-order valence-corrected chi connectivity index (χ2v) is 7.82. The Morgan fingerprint density at radius 3 is 2.64 bits per heavy atom. The summed E-state index contributed by atoms with van der Waals surface area (Å²) in [6.07, 6.45) is 2.03. The van der Waals surface area contributed by atoms with Gasteiger partial charge in [-0.15, -0.1) is 0 Å². The molecule has 8 heteroatoms. The Morgan fingerprint density at radius 1 is 1.27 bits per heavy atom. The van der Waals surface area contributed by atoms with Crippen molar-refractivity contribution in [2.24, 2.45) is 0 Å². The molecule has 0 spiro atoms. The first kappa shape index (κ1) is 17.5. The summed E-state index contributed by atoms with van der Waals surface area (Å²) in [7, 11) is -3.68. The molecule has 0 aromatic heterocycles. The Hall–Kier alpha value is -0.820. The van der Waals surface area contributed by atoms with Crippen molar-refractivity contribution in [3.63, 3.8) is 0 Å². The number of rotatable bonds is 6. The highest BCUT2D eigenvalue weighted by Gasteiger charge is 2.21. The molecule has 1 aromatic rings. The van der Waals surface area contributed by atoms with Crippen LogP contribution in [0.15, 0.2) is 17.0 Å². The third-order valence-electron chi connectivity index (χ3n) is 3.57. The third kappa shape index (κ3) is 4.13. The molecule has 1 heterocycles. The SMILES string of the molecule is Cc1cc(S(=O)(=O)NCCCN2CCCC2=O)c(Cl)cc1Cl. The Kier molecular flexibility index (Phi) is 5.71. The maximum Gasteiger partial charge on any atom is 0.242 e. The molecule has 0 atom stereocenters. The first-order valence-corrected chi connectivity index (χ1v) is 9.28. The van der Waals surface area contributed by atoms with E-state index >= 15 is 0 Å². The minimum Gasteiger partial charge on any atom is -0.343 e. The van der Waals surface area contributed by atoms with Crippen LogP contribution in [-0.2, 0) is 14.8 Å². The van der Waals surface area contributed by atoms with Crippen LogP contribution in [0.2, 0.25) is 10.0 Å². The van der Waals surface area contributed by atoms with Crippen LogP contribution < -0.4 is 4.72 Å². The zero-order valence-electron chi connectivity index (χ0n) is 12.2. The molecule has 1 aliphatic heterocycles. The molecule has 22 heavy (non-hydrogen) atoms. The molecule has 0 saturated carbocycles. The number of sulfonamides is 1. The largest absolute Gasteiger partial charge is 0.343 e. The highest BCUT2D eigenvalue weighted by atomic mass is 35.5. The van der Waals surface area contributed by atoms with E-state index < -0.39 is 10.0 Å². The Morgan fingerprint density at radius 2 is 2.00 bits per heavy atom. The number of halogens is 2. The predicted octanol–water partition coefficient (Wildman–Crippen LogP) is 2.59. The number of carbonyl (C=O) groups is 1. The van der Waals surface area contributed by atoms with Gasteiger partial charge in [0.2, 0.25) is 15.9 Å². The summed E-state index contributed by atoms with van der Waals surface area (Å²) in [5.41, 5.74) is 0.647. The standard InChI is InChI=1S/C14H18Cl2N2O3S/c1-10-8-13(12(16)9-11(10)15)22(20,21)17-5-3-7-18-6-2-4-14(18)19/h8-9,17H,2-7H2,1H3. The van der Waals surface area contributed by atoms with E-state index in [1.807, 2.05) is 0 Å².